The van der Waals surface area contributed by atoms with Gasteiger partial charge in [-0.1, -0.05) is 18.2 Å². The number of carbonyl (C=O) groups is 1. The minimum atomic E-state index is -0.141. The third-order valence-corrected chi connectivity index (χ3v) is 2.42. The molecule has 0 bridgehead atoms. The van der Waals surface area contributed by atoms with Gasteiger partial charge in [0.05, 0.1) is 5.69 Å². The summed E-state index contributed by atoms with van der Waals surface area (Å²) in [7, 11) is 0. The van der Waals surface area contributed by atoms with Crippen LogP contribution in [0.25, 0.3) is 0 Å². The van der Waals surface area contributed by atoms with Crippen molar-refractivity contribution in [2.24, 2.45) is 0 Å². The van der Waals surface area contributed by atoms with Gasteiger partial charge in [0.1, 0.15) is 11.9 Å². The Kier molecular flexibility index (Phi) is 3.50. The van der Waals surface area contributed by atoms with Crippen LogP contribution in [0.2, 0.25) is 0 Å². The first-order chi connectivity index (χ1) is 8.29. The normalized spacial score (nSPS) is 11.8. The molecule has 0 aliphatic rings. The van der Waals surface area contributed by atoms with Crippen molar-refractivity contribution in [1.29, 1.82) is 0 Å². The lowest BCUT2D eigenvalue weighted by Gasteiger charge is -2.13. The fourth-order valence-corrected chi connectivity index (χ4v) is 1.49. The van der Waals surface area contributed by atoms with Crippen molar-refractivity contribution in [3.05, 3.63) is 59.9 Å². The van der Waals surface area contributed by atoms with E-state index in [1.807, 2.05) is 37.3 Å². The Morgan fingerprint density at radius 2 is 1.94 bits per heavy atom. The van der Waals surface area contributed by atoms with Crippen LogP contribution in [0.15, 0.2) is 48.7 Å². The van der Waals surface area contributed by atoms with Gasteiger partial charge >= 0.3 is 0 Å². The van der Waals surface area contributed by atoms with E-state index in [-0.39, 0.29) is 6.10 Å². The van der Waals surface area contributed by atoms with Crippen molar-refractivity contribution in [3.8, 4) is 5.75 Å². The molecule has 1 atom stereocenters. The molecule has 0 aliphatic heterocycles. The number of aromatic nitrogens is 1. The smallest absolute Gasteiger partial charge is 0.151 e. The standard InChI is InChI=1S/C14H13NO2/c1-11(17-13-5-3-2-4-6-13)14-8-7-12(10-16)9-15-14/h2-11H,1H3. The van der Waals surface area contributed by atoms with Gasteiger partial charge in [0.2, 0.25) is 0 Å². The van der Waals surface area contributed by atoms with E-state index in [2.05, 4.69) is 4.98 Å². The number of hydrogen-bond donors (Lipinski definition) is 0. The summed E-state index contributed by atoms with van der Waals surface area (Å²) < 4.78 is 5.72. The second-order valence-electron chi connectivity index (χ2n) is 3.71. The fraction of sp³-hybridized carbons (Fsp3) is 0.143. The molecular weight excluding hydrogens is 214 g/mol. The second-order valence-corrected chi connectivity index (χ2v) is 3.71. The molecule has 0 spiro atoms. The summed E-state index contributed by atoms with van der Waals surface area (Å²) in [5.41, 5.74) is 1.38. The monoisotopic (exact) mass is 227 g/mol. The lowest BCUT2D eigenvalue weighted by Crippen LogP contribution is -2.05. The number of para-hydroxylation sites is 1. The van der Waals surface area contributed by atoms with Gasteiger partial charge in [0.15, 0.2) is 6.29 Å². The molecule has 2 aromatic rings. The quantitative estimate of drug-likeness (QED) is 0.753. The largest absolute Gasteiger partial charge is 0.484 e. The lowest BCUT2D eigenvalue weighted by molar-refractivity contribution is 0.112. The molecular formula is C14H13NO2. The Hall–Kier alpha value is -2.16. The van der Waals surface area contributed by atoms with Crippen molar-refractivity contribution >= 4 is 6.29 Å². The number of nitrogens with zero attached hydrogens (tertiary/aromatic N) is 1. The van der Waals surface area contributed by atoms with Crippen LogP contribution in [-0.2, 0) is 0 Å². The van der Waals surface area contributed by atoms with Crippen LogP contribution in [0.1, 0.15) is 29.1 Å². The third kappa shape index (κ3) is 2.91. The zero-order valence-corrected chi connectivity index (χ0v) is 9.54. The summed E-state index contributed by atoms with van der Waals surface area (Å²) in [5.74, 6) is 0.807. The molecule has 1 aromatic heterocycles. The number of pyridine rings is 1. The van der Waals surface area contributed by atoms with E-state index in [0.29, 0.717) is 5.56 Å². The fourth-order valence-electron chi connectivity index (χ4n) is 1.49. The van der Waals surface area contributed by atoms with Gasteiger partial charge in [0.25, 0.3) is 0 Å². The van der Waals surface area contributed by atoms with Crippen LogP contribution in [-0.4, -0.2) is 11.3 Å². The molecule has 17 heavy (non-hydrogen) atoms. The number of rotatable bonds is 4. The van der Waals surface area contributed by atoms with Gasteiger partial charge in [-0.2, -0.15) is 0 Å². The maximum Gasteiger partial charge on any atom is 0.151 e. The minimum absolute atomic E-state index is 0.141. The minimum Gasteiger partial charge on any atom is -0.484 e. The SMILES string of the molecule is CC(Oc1ccccc1)c1ccc(C=O)cn1. The molecule has 0 saturated carbocycles. The molecule has 0 fully saturated rings. The molecule has 86 valence electrons. The molecule has 1 aromatic carbocycles. The van der Waals surface area contributed by atoms with Crippen LogP contribution < -0.4 is 4.74 Å². The van der Waals surface area contributed by atoms with E-state index in [1.54, 1.807) is 18.3 Å². The Bertz CT molecular complexity index is 479. The summed E-state index contributed by atoms with van der Waals surface area (Å²) in [6.07, 6.45) is 2.19. The van der Waals surface area contributed by atoms with Crippen LogP contribution in [0, 0.1) is 0 Å². The average molecular weight is 227 g/mol. The Morgan fingerprint density at radius 3 is 2.53 bits per heavy atom. The van der Waals surface area contributed by atoms with Gasteiger partial charge < -0.3 is 4.74 Å². The summed E-state index contributed by atoms with van der Waals surface area (Å²) in [6, 6.07) is 13.1. The second kappa shape index (κ2) is 5.25. The van der Waals surface area contributed by atoms with Crippen LogP contribution in [0.3, 0.4) is 0 Å². The highest BCUT2D eigenvalue weighted by Crippen LogP contribution is 2.19. The molecule has 0 aliphatic carbocycles. The topological polar surface area (TPSA) is 39.2 Å². The molecule has 3 nitrogen and oxygen atoms in total. The van der Waals surface area contributed by atoms with Crippen molar-refractivity contribution in [3.63, 3.8) is 0 Å². The van der Waals surface area contributed by atoms with E-state index in [9.17, 15) is 4.79 Å². The maximum atomic E-state index is 10.5. The molecule has 3 heteroatoms. The van der Waals surface area contributed by atoms with Crippen molar-refractivity contribution < 1.29 is 9.53 Å². The van der Waals surface area contributed by atoms with E-state index in [1.165, 1.54) is 0 Å². The highest BCUT2D eigenvalue weighted by molar-refractivity contribution is 5.73. The predicted octanol–water partition coefficient (Wildman–Crippen LogP) is 3.03. The highest BCUT2D eigenvalue weighted by Gasteiger charge is 2.08. The lowest BCUT2D eigenvalue weighted by atomic mass is 10.2. The molecule has 0 radical (unpaired) electrons. The Labute approximate surface area is 100 Å². The van der Waals surface area contributed by atoms with Crippen molar-refractivity contribution in [1.82, 2.24) is 4.98 Å². The number of benzene rings is 1. The van der Waals surface area contributed by atoms with E-state index < -0.39 is 0 Å². The van der Waals surface area contributed by atoms with Crippen LogP contribution >= 0.6 is 0 Å². The maximum absolute atomic E-state index is 10.5. The first-order valence-electron chi connectivity index (χ1n) is 5.42. The summed E-state index contributed by atoms with van der Waals surface area (Å²) in [6.45, 7) is 1.93. The highest BCUT2D eigenvalue weighted by atomic mass is 16.5. The molecule has 1 unspecified atom stereocenters. The number of hydrogen-bond acceptors (Lipinski definition) is 3. The molecule has 2 rings (SSSR count). The van der Waals surface area contributed by atoms with Crippen LogP contribution in [0.4, 0.5) is 0 Å². The zero-order valence-electron chi connectivity index (χ0n) is 9.54. The number of ether oxygens (including phenoxy) is 1. The number of carbonyl (C=O) groups excluding carboxylic acids is 1. The van der Waals surface area contributed by atoms with E-state index in [4.69, 9.17) is 4.74 Å². The van der Waals surface area contributed by atoms with Crippen LogP contribution in [0.5, 0.6) is 5.75 Å². The van der Waals surface area contributed by atoms with E-state index >= 15 is 0 Å². The van der Waals surface area contributed by atoms with Gasteiger partial charge in [-0.25, -0.2) is 0 Å². The zero-order chi connectivity index (χ0) is 12.1. The van der Waals surface area contributed by atoms with Crippen molar-refractivity contribution in [2.75, 3.05) is 0 Å². The molecule has 0 amide bonds. The summed E-state index contributed by atoms with van der Waals surface area (Å²) in [4.78, 5) is 14.7. The summed E-state index contributed by atoms with van der Waals surface area (Å²) >= 11 is 0. The van der Waals surface area contributed by atoms with Gasteiger partial charge in [-0.3, -0.25) is 9.78 Å². The van der Waals surface area contributed by atoms with Gasteiger partial charge in [0, 0.05) is 11.8 Å². The average Bonchev–Trinajstić information content (AvgIpc) is 2.40. The van der Waals surface area contributed by atoms with Gasteiger partial charge in [-0.15, -0.1) is 0 Å². The Morgan fingerprint density at radius 1 is 1.18 bits per heavy atom. The van der Waals surface area contributed by atoms with E-state index in [0.717, 1.165) is 17.7 Å². The molecule has 0 N–H and O–H groups in total. The summed E-state index contributed by atoms with van der Waals surface area (Å²) in [5, 5.41) is 0. The first kappa shape index (κ1) is 11.3. The first-order valence-corrected chi connectivity index (χ1v) is 5.42. The number of aldehydes is 1. The molecule has 0 saturated heterocycles. The van der Waals surface area contributed by atoms with Crippen molar-refractivity contribution in [2.45, 2.75) is 13.0 Å². The molecule has 1 heterocycles. The Balaban J connectivity index is 2.09. The third-order valence-electron chi connectivity index (χ3n) is 2.42. The van der Waals surface area contributed by atoms with Gasteiger partial charge in [-0.05, 0) is 31.2 Å². The predicted molar refractivity (Wildman–Crippen MR) is 65.1 cm³/mol.